The summed E-state index contributed by atoms with van der Waals surface area (Å²) >= 11 is 0. The van der Waals surface area contributed by atoms with E-state index < -0.39 is 10.0 Å². The highest BCUT2D eigenvalue weighted by Gasteiger charge is 2.19. The maximum absolute atomic E-state index is 12.3. The van der Waals surface area contributed by atoms with Crippen LogP contribution in [0.5, 0.6) is 0 Å². The van der Waals surface area contributed by atoms with Crippen molar-refractivity contribution >= 4 is 15.8 Å². The quantitative estimate of drug-likeness (QED) is 0.722. The number of hydrogen-bond acceptors (Lipinski definition) is 5. The Balaban J connectivity index is 2.08. The molecule has 2 aromatic heterocycles. The molecule has 114 valence electrons. The molecule has 0 aliphatic carbocycles. The van der Waals surface area contributed by atoms with Crippen LogP contribution in [0.15, 0.2) is 35.6 Å². The summed E-state index contributed by atoms with van der Waals surface area (Å²) in [6.45, 7) is 4.61. The average molecular weight is 309 g/mol. The molecule has 1 unspecified atom stereocenters. The number of aromatic nitrogens is 3. The topological polar surface area (TPSA) is 99.8 Å². The van der Waals surface area contributed by atoms with E-state index in [1.54, 1.807) is 25.4 Å². The fourth-order valence-electron chi connectivity index (χ4n) is 1.76. The molecule has 7 nitrogen and oxygen atoms in total. The molecular weight excluding hydrogens is 290 g/mol. The lowest BCUT2D eigenvalue weighted by molar-refractivity contribution is 0.566. The minimum Gasteiger partial charge on any atom is -0.370 e. The van der Waals surface area contributed by atoms with E-state index >= 15 is 0 Å². The van der Waals surface area contributed by atoms with Gasteiger partial charge in [0.25, 0.3) is 0 Å². The summed E-state index contributed by atoms with van der Waals surface area (Å²) in [4.78, 5) is 4.24. The lowest BCUT2D eigenvalue weighted by Gasteiger charge is -2.12. The standard InChI is InChI=1S/C13H19N5O2S/c1-3-6-14-13-5-4-12(9-15-13)21(19,20)18-10(2)11-7-16-17-8-11/h4-5,7-10,18H,3,6H2,1-2H3,(H,14,15)(H,16,17). The lowest BCUT2D eigenvalue weighted by atomic mass is 10.2. The van der Waals surface area contributed by atoms with E-state index in [0.29, 0.717) is 5.82 Å². The smallest absolute Gasteiger partial charge is 0.242 e. The van der Waals surface area contributed by atoms with Gasteiger partial charge < -0.3 is 5.32 Å². The average Bonchev–Trinajstić information content (AvgIpc) is 2.99. The fourth-order valence-corrected chi connectivity index (χ4v) is 2.94. The summed E-state index contributed by atoms with van der Waals surface area (Å²) in [7, 11) is -3.60. The molecule has 0 saturated heterocycles. The van der Waals surface area contributed by atoms with Crippen molar-refractivity contribution in [3.05, 3.63) is 36.3 Å². The van der Waals surface area contributed by atoms with Gasteiger partial charge in [0, 0.05) is 30.5 Å². The van der Waals surface area contributed by atoms with Gasteiger partial charge in [-0.1, -0.05) is 6.92 Å². The Bertz CT molecular complexity index is 652. The van der Waals surface area contributed by atoms with Gasteiger partial charge in [-0.05, 0) is 25.5 Å². The molecule has 0 spiro atoms. The van der Waals surface area contributed by atoms with Gasteiger partial charge in [-0.25, -0.2) is 18.1 Å². The summed E-state index contributed by atoms with van der Waals surface area (Å²) in [5, 5.41) is 9.56. The highest BCUT2D eigenvalue weighted by atomic mass is 32.2. The highest BCUT2D eigenvalue weighted by Crippen LogP contribution is 2.16. The summed E-state index contributed by atoms with van der Waals surface area (Å²) < 4.78 is 27.1. The Morgan fingerprint density at radius 2 is 2.14 bits per heavy atom. The van der Waals surface area contributed by atoms with Crippen LogP contribution in [0.2, 0.25) is 0 Å². The largest absolute Gasteiger partial charge is 0.370 e. The molecule has 0 bridgehead atoms. The number of nitrogens with zero attached hydrogens (tertiary/aromatic N) is 2. The van der Waals surface area contributed by atoms with Gasteiger partial charge in [0.15, 0.2) is 0 Å². The SMILES string of the molecule is CCCNc1ccc(S(=O)(=O)NC(C)c2cn[nH]c2)cn1. The molecule has 0 aliphatic heterocycles. The molecule has 21 heavy (non-hydrogen) atoms. The zero-order chi connectivity index (χ0) is 15.3. The number of rotatable bonds is 7. The summed E-state index contributed by atoms with van der Waals surface area (Å²) in [5.41, 5.74) is 0.771. The summed E-state index contributed by atoms with van der Waals surface area (Å²) in [6, 6.07) is 2.83. The van der Waals surface area contributed by atoms with Gasteiger partial charge in [0.1, 0.15) is 10.7 Å². The van der Waals surface area contributed by atoms with Crippen molar-refractivity contribution in [3.8, 4) is 0 Å². The van der Waals surface area contributed by atoms with Gasteiger partial charge >= 0.3 is 0 Å². The van der Waals surface area contributed by atoms with Gasteiger partial charge in [-0.3, -0.25) is 5.10 Å². The lowest BCUT2D eigenvalue weighted by Crippen LogP contribution is -2.26. The Hall–Kier alpha value is -1.93. The zero-order valence-corrected chi connectivity index (χ0v) is 12.8. The molecule has 0 fully saturated rings. The van der Waals surface area contributed by atoms with Crippen molar-refractivity contribution in [2.75, 3.05) is 11.9 Å². The molecule has 0 radical (unpaired) electrons. The Kier molecular flexibility index (Phi) is 4.92. The molecule has 2 heterocycles. The van der Waals surface area contributed by atoms with Crippen LogP contribution in [0, 0.1) is 0 Å². The van der Waals surface area contributed by atoms with E-state index in [4.69, 9.17) is 0 Å². The molecule has 3 N–H and O–H groups in total. The van der Waals surface area contributed by atoms with Crippen molar-refractivity contribution in [1.29, 1.82) is 0 Å². The van der Waals surface area contributed by atoms with Crippen LogP contribution >= 0.6 is 0 Å². The van der Waals surface area contributed by atoms with Gasteiger partial charge in [0.05, 0.1) is 6.20 Å². The summed E-state index contributed by atoms with van der Waals surface area (Å²) in [5.74, 6) is 0.665. The van der Waals surface area contributed by atoms with Crippen LogP contribution in [0.1, 0.15) is 31.9 Å². The Morgan fingerprint density at radius 3 is 2.71 bits per heavy atom. The van der Waals surface area contributed by atoms with E-state index in [1.165, 1.54) is 12.3 Å². The molecule has 0 aromatic carbocycles. The fraction of sp³-hybridized carbons (Fsp3) is 0.385. The first-order valence-electron chi connectivity index (χ1n) is 6.74. The second-order valence-corrected chi connectivity index (χ2v) is 6.39. The number of aromatic amines is 1. The van der Waals surface area contributed by atoms with Crippen LogP contribution in [-0.4, -0.2) is 30.1 Å². The minimum atomic E-state index is -3.60. The molecule has 2 aromatic rings. The first kappa shape index (κ1) is 15.5. The predicted molar refractivity (Wildman–Crippen MR) is 80.3 cm³/mol. The monoisotopic (exact) mass is 309 g/mol. The first-order chi connectivity index (χ1) is 10.0. The first-order valence-corrected chi connectivity index (χ1v) is 8.22. The van der Waals surface area contributed by atoms with Crippen LogP contribution in [0.25, 0.3) is 0 Å². The van der Waals surface area contributed by atoms with E-state index in [0.717, 1.165) is 18.5 Å². The van der Waals surface area contributed by atoms with Gasteiger partial charge in [-0.2, -0.15) is 5.10 Å². The van der Waals surface area contributed by atoms with Crippen LogP contribution in [-0.2, 0) is 10.0 Å². The minimum absolute atomic E-state index is 0.139. The predicted octanol–water partition coefficient (Wildman–Crippen LogP) is 1.67. The van der Waals surface area contributed by atoms with E-state index in [1.807, 2.05) is 6.92 Å². The molecule has 2 rings (SSSR count). The number of anilines is 1. The normalized spacial score (nSPS) is 13.0. The van der Waals surface area contributed by atoms with Crippen molar-refractivity contribution in [1.82, 2.24) is 19.9 Å². The van der Waals surface area contributed by atoms with Crippen LogP contribution in [0.4, 0.5) is 5.82 Å². The highest BCUT2D eigenvalue weighted by molar-refractivity contribution is 7.89. The Labute approximate surface area is 124 Å². The van der Waals surface area contributed by atoms with Gasteiger partial charge in [0.2, 0.25) is 10.0 Å². The molecule has 0 aliphatic rings. The van der Waals surface area contributed by atoms with Crippen molar-refractivity contribution in [3.63, 3.8) is 0 Å². The summed E-state index contributed by atoms with van der Waals surface area (Å²) in [6.07, 6.45) is 5.57. The number of hydrogen-bond donors (Lipinski definition) is 3. The zero-order valence-electron chi connectivity index (χ0n) is 12.0. The number of nitrogens with one attached hydrogen (secondary N) is 3. The molecule has 1 atom stereocenters. The third kappa shape index (κ3) is 4.02. The molecule has 8 heteroatoms. The van der Waals surface area contributed by atoms with Crippen molar-refractivity contribution < 1.29 is 8.42 Å². The Morgan fingerprint density at radius 1 is 1.33 bits per heavy atom. The number of sulfonamides is 1. The number of H-pyrrole nitrogens is 1. The molecular formula is C13H19N5O2S. The maximum Gasteiger partial charge on any atom is 0.242 e. The third-order valence-corrected chi connectivity index (χ3v) is 4.48. The second-order valence-electron chi connectivity index (χ2n) is 4.68. The van der Waals surface area contributed by atoms with E-state index in [-0.39, 0.29) is 10.9 Å². The molecule has 0 saturated carbocycles. The number of pyridine rings is 1. The van der Waals surface area contributed by atoms with Gasteiger partial charge in [-0.15, -0.1) is 0 Å². The van der Waals surface area contributed by atoms with Crippen molar-refractivity contribution in [2.24, 2.45) is 0 Å². The maximum atomic E-state index is 12.3. The van der Waals surface area contributed by atoms with Crippen LogP contribution < -0.4 is 10.0 Å². The molecule has 0 amide bonds. The van der Waals surface area contributed by atoms with E-state index in [9.17, 15) is 8.42 Å². The third-order valence-electron chi connectivity index (χ3n) is 2.95. The van der Waals surface area contributed by atoms with Crippen molar-refractivity contribution in [2.45, 2.75) is 31.2 Å². The van der Waals surface area contributed by atoms with Crippen LogP contribution in [0.3, 0.4) is 0 Å². The van der Waals surface area contributed by atoms with E-state index in [2.05, 4.69) is 25.2 Å². The second kappa shape index (κ2) is 6.68.